The van der Waals surface area contributed by atoms with Crippen LogP contribution in [0.3, 0.4) is 0 Å². The van der Waals surface area contributed by atoms with Gasteiger partial charge in [0.1, 0.15) is 36.9 Å². The van der Waals surface area contributed by atoms with Gasteiger partial charge in [0.15, 0.2) is 17.2 Å². The SMILES string of the molecule is COc1cc(C(=O)NCC(O)(c2cc3c(c(-c4ccc(F)cc4)n2)OCC3(C)NCl)C(F)(F)F)ccc1OCC(C)OC(=O)C(NCl)C(C)C. The highest BCUT2D eigenvalue weighted by molar-refractivity contribution is 6.15. The lowest BCUT2D eigenvalue weighted by Gasteiger charge is -2.31. The number of aliphatic hydroxyl groups is 1. The van der Waals surface area contributed by atoms with Crippen LogP contribution in [-0.2, 0) is 20.7 Å². The second kappa shape index (κ2) is 15.6. The van der Waals surface area contributed by atoms with Crippen molar-refractivity contribution in [3.8, 4) is 28.5 Å². The number of ether oxygens (including phenoxy) is 4. The van der Waals surface area contributed by atoms with Crippen molar-refractivity contribution in [3.63, 3.8) is 0 Å². The molecule has 272 valence electrons. The fourth-order valence-corrected chi connectivity index (χ4v) is 5.50. The van der Waals surface area contributed by atoms with E-state index >= 15 is 0 Å². The van der Waals surface area contributed by atoms with Crippen LogP contribution in [0.2, 0.25) is 0 Å². The molecule has 0 radical (unpaired) electrons. The molecule has 2 aromatic carbocycles. The summed E-state index contributed by atoms with van der Waals surface area (Å²) in [5, 5.41) is 13.4. The lowest BCUT2D eigenvalue weighted by molar-refractivity contribution is -0.265. The average Bonchev–Trinajstić information content (AvgIpc) is 3.42. The van der Waals surface area contributed by atoms with Gasteiger partial charge in [0.05, 0.1) is 24.9 Å². The molecular formula is C33H36Cl2F4N4O7. The van der Waals surface area contributed by atoms with E-state index in [0.717, 1.165) is 18.2 Å². The molecule has 2 heterocycles. The van der Waals surface area contributed by atoms with Crippen LogP contribution in [0.4, 0.5) is 17.6 Å². The van der Waals surface area contributed by atoms with Crippen LogP contribution in [0.25, 0.3) is 11.3 Å². The van der Waals surface area contributed by atoms with E-state index in [0.29, 0.717) is 0 Å². The topological polar surface area (TPSA) is 140 Å². The number of halogens is 6. The van der Waals surface area contributed by atoms with Crippen LogP contribution in [-0.4, -0.2) is 67.2 Å². The first-order valence-electron chi connectivity index (χ1n) is 15.2. The summed E-state index contributed by atoms with van der Waals surface area (Å²) in [7, 11) is 1.29. The van der Waals surface area contributed by atoms with Crippen LogP contribution < -0.4 is 29.2 Å². The van der Waals surface area contributed by atoms with Gasteiger partial charge in [0, 0.05) is 16.7 Å². The van der Waals surface area contributed by atoms with E-state index in [2.05, 4.69) is 20.0 Å². The number of benzene rings is 2. The van der Waals surface area contributed by atoms with Crippen molar-refractivity contribution in [2.24, 2.45) is 5.92 Å². The van der Waals surface area contributed by atoms with Gasteiger partial charge in [0.25, 0.3) is 5.91 Å². The van der Waals surface area contributed by atoms with Gasteiger partial charge in [-0.05, 0) is 91.8 Å². The summed E-state index contributed by atoms with van der Waals surface area (Å²) >= 11 is 11.6. The molecule has 0 saturated carbocycles. The van der Waals surface area contributed by atoms with E-state index in [1.54, 1.807) is 27.7 Å². The Balaban J connectivity index is 1.57. The molecule has 4 atom stereocenters. The summed E-state index contributed by atoms with van der Waals surface area (Å²) in [6.07, 6.45) is -6.04. The summed E-state index contributed by atoms with van der Waals surface area (Å²) in [5.41, 5.74) is -5.58. The summed E-state index contributed by atoms with van der Waals surface area (Å²) in [6, 6.07) is 8.93. The number of amides is 1. The van der Waals surface area contributed by atoms with Crippen molar-refractivity contribution in [1.29, 1.82) is 0 Å². The molecule has 4 N–H and O–H groups in total. The smallest absolute Gasteiger partial charge is 0.424 e. The number of rotatable bonds is 14. The first kappa shape index (κ1) is 38.9. The molecule has 1 aromatic heterocycles. The Morgan fingerprint density at radius 1 is 1.08 bits per heavy atom. The van der Waals surface area contributed by atoms with E-state index in [9.17, 15) is 32.3 Å². The van der Waals surface area contributed by atoms with Gasteiger partial charge < -0.3 is 29.4 Å². The molecule has 50 heavy (non-hydrogen) atoms. The molecule has 4 rings (SSSR count). The van der Waals surface area contributed by atoms with E-state index in [4.69, 9.17) is 42.5 Å². The summed E-state index contributed by atoms with van der Waals surface area (Å²) < 4.78 is 80.0. The number of nitrogens with one attached hydrogen (secondary N) is 3. The molecule has 0 spiro atoms. The number of hydrogen-bond donors (Lipinski definition) is 4. The van der Waals surface area contributed by atoms with Crippen LogP contribution in [0, 0.1) is 11.7 Å². The minimum absolute atomic E-state index is 0.0573. The second-order valence-corrected chi connectivity index (χ2v) is 12.7. The van der Waals surface area contributed by atoms with Crippen LogP contribution >= 0.6 is 23.6 Å². The number of hydrogen-bond acceptors (Lipinski definition) is 10. The summed E-state index contributed by atoms with van der Waals surface area (Å²) in [4.78, 5) is 34.5. The highest BCUT2D eigenvalue weighted by Gasteiger charge is 2.57. The van der Waals surface area contributed by atoms with Gasteiger partial charge >= 0.3 is 12.1 Å². The van der Waals surface area contributed by atoms with E-state index in [1.165, 1.54) is 37.4 Å². The first-order chi connectivity index (χ1) is 23.5. The molecule has 0 aliphatic carbocycles. The number of esters is 1. The minimum Gasteiger partial charge on any atom is -0.493 e. The highest BCUT2D eigenvalue weighted by atomic mass is 35.5. The molecule has 0 saturated heterocycles. The predicted octanol–water partition coefficient (Wildman–Crippen LogP) is 5.51. The van der Waals surface area contributed by atoms with E-state index < -0.39 is 59.4 Å². The minimum atomic E-state index is -5.34. The van der Waals surface area contributed by atoms with Crippen LogP contribution in [0.1, 0.15) is 49.3 Å². The maximum Gasteiger partial charge on any atom is 0.424 e. The number of aromatic nitrogens is 1. The third-order valence-electron chi connectivity index (χ3n) is 8.05. The Kier molecular flexibility index (Phi) is 12.1. The number of fused-ring (bicyclic) bond motifs is 1. The Hall–Kier alpha value is -3.89. The third kappa shape index (κ3) is 8.18. The Bertz CT molecular complexity index is 1700. The number of pyridine rings is 1. The first-order valence-corrected chi connectivity index (χ1v) is 16.0. The standard InChI is InChI=1S/C33H36Cl2F4N4O7/c1-17(2)26(42-34)30(45)50-18(3)14-48-23-11-8-20(12-24(23)47-5)29(44)40-15-32(46,33(37,38)39)25-13-22-28(49-16-31(22,4)43-35)27(41-25)19-6-9-21(36)10-7-19/h6-13,17-18,26,42-43,46H,14-16H2,1-5H3,(H,40,44). The summed E-state index contributed by atoms with van der Waals surface area (Å²) in [5.74, 6) is -1.98. The Morgan fingerprint density at radius 2 is 1.76 bits per heavy atom. The molecule has 3 aromatic rings. The zero-order chi connectivity index (χ0) is 37.0. The van der Waals surface area contributed by atoms with Gasteiger partial charge in [-0.15, -0.1) is 0 Å². The second-order valence-electron chi connectivity index (χ2n) is 12.3. The third-order valence-corrected chi connectivity index (χ3v) is 8.70. The van der Waals surface area contributed by atoms with Gasteiger partial charge in [-0.1, -0.05) is 13.8 Å². The van der Waals surface area contributed by atoms with E-state index in [1.807, 2.05) is 0 Å². The zero-order valence-electron chi connectivity index (χ0n) is 27.6. The molecule has 0 fully saturated rings. The van der Waals surface area contributed by atoms with Crippen LogP contribution in [0.5, 0.6) is 17.2 Å². The number of carbonyl (C=O) groups excluding carboxylic acids is 2. The van der Waals surface area contributed by atoms with E-state index in [-0.39, 0.29) is 58.8 Å². The average molecular weight is 748 g/mol. The largest absolute Gasteiger partial charge is 0.493 e. The lowest BCUT2D eigenvalue weighted by atomic mass is 9.89. The lowest BCUT2D eigenvalue weighted by Crippen LogP contribution is -2.51. The molecule has 0 bridgehead atoms. The van der Waals surface area contributed by atoms with Gasteiger partial charge in [-0.25, -0.2) is 19.0 Å². The van der Waals surface area contributed by atoms with Crippen LogP contribution in [0.15, 0.2) is 48.5 Å². The van der Waals surface area contributed by atoms with Gasteiger partial charge in [-0.3, -0.25) is 9.59 Å². The molecular weight excluding hydrogens is 711 g/mol. The van der Waals surface area contributed by atoms with Gasteiger partial charge in [-0.2, -0.15) is 13.2 Å². The fraction of sp³-hybridized carbons (Fsp3) is 0.424. The quantitative estimate of drug-likeness (QED) is 0.0950. The molecule has 17 heteroatoms. The Labute approximate surface area is 295 Å². The predicted molar refractivity (Wildman–Crippen MR) is 175 cm³/mol. The van der Waals surface area contributed by atoms with Crippen molar-refractivity contribution < 1.29 is 51.2 Å². The molecule has 1 aliphatic heterocycles. The molecule has 1 aliphatic rings. The normalized spacial score (nSPS) is 18.0. The van der Waals surface area contributed by atoms with Crippen molar-refractivity contribution in [3.05, 3.63) is 71.2 Å². The van der Waals surface area contributed by atoms with Gasteiger partial charge in [0.2, 0.25) is 5.60 Å². The Morgan fingerprint density at radius 3 is 2.34 bits per heavy atom. The molecule has 11 nitrogen and oxygen atoms in total. The number of alkyl halides is 3. The van der Waals surface area contributed by atoms with Crippen molar-refractivity contribution in [2.45, 2.75) is 57.2 Å². The zero-order valence-corrected chi connectivity index (χ0v) is 29.1. The van der Waals surface area contributed by atoms with Crippen molar-refractivity contribution >= 4 is 35.4 Å². The fourth-order valence-electron chi connectivity index (χ4n) is 5.01. The summed E-state index contributed by atoms with van der Waals surface area (Å²) in [6.45, 7) is 5.22. The maximum atomic E-state index is 14.7. The molecule has 1 amide bonds. The monoisotopic (exact) mass is 746 g/mol. The maximum absolute atomic E-state index is 14.7. The number of nitrogens with zero attached hydrogens (tertiary/aromatic N) is 1. The number of methoxy groups -OCH3 is 1. The number of carbonyl (C=O) groups is 2. The van der Waals surface area contributed by atoms with Crippen molar-refractivity contribution in [1.82, 2.24) is 20.0 Å². The van der Waals surface area contributed by atoms with Crippen molar-refractivity contribution in [2.75, 3.05) is 26.9 Å². The highest BCUT2D eigenvalue weighted by Crippen LogP contribution is 2.47. The molecule has 4 unspecified atom stereocenters.